The summed E-state index contributed by atoms with van der Waals surface area (Å²) in [5.41, 5.74) is 0.845. The van der Waals surface area contributed by atoms with Crippen molar-refractivity contribution in [2.24, 2.45) is 20.9 Å². The first-order valence-electron chi connectivity index (χ1n) is 13.6. The molecule has 0 aliphatic carbocycles. The quantitative estimate of drug-likeness (QED) is 0.115. The maximum Gasteiger partial charge on any atom is 0.296 e. The number of guanidine groups is 1. The first-order valence-corrected chi connectivity index (χ1v) is 13.6. The van der Waals surface area contributed by atoms with Crippen LogP contribution in [0.3, 0.4) is 0 Å². The number of benzene rings is 1. The van der Waals surface area contributed by atoms with Crippen LogP contribution in [0.4, 0.5) is 8.78 Å². The summed E-state index contributed by atoms with van der Waals surface area (Å²) in [5.74, 6) is 4.58. The number of ether oxygens (including phenoxy) is 4. The summed E-state index contributed by atoms with van der Waals surface area (Å²) in [5, 5.41) is 12.1. The van der Waals surface area contributed by atoms with Crippen molar-refractivity contribution >= 4 is 29.7 Å². The van der Waals surface area contributed by atoms with Crippen LogP contribution in [0.5, 0.6) is 0 Å². The standard InChI is InChI=1S/C17H20F2N6O2.C9H22N2O4/c1-20-16(24-7-10-27-11-8-24)23-17(21-6-9-26)25-13-5-3-2-4-12(13)22-15(25)14(18)19;1-11-2-3-12-4-5-13-6-7-14-8-9-15-10/h2-5,14,26H,1,6-11H2;11H,2-10H2,1H3/b21-17?,23-16+;. The van der Waals surface area contributed by atoms with Gasteiger partial charge in [-0.2, -0.15) is 4.99 Å². The zero-order valence-electron chi connectivity index (χ0n) is 24.0. The second-order valence-corrected chi connectivity index (χ2v) is 8.48. The fraction of sp³-hybridized carbons (Fsp3) is 0.615. The van der Waals surface area contributed by atoms with Gasteiger partial charge in [0, 0.05) is 19.6 Å². The summed E-state index contributed by atoms with van der Waals surface area (Å²) in [6, 6.07) is 6.73. The van der Waals surface area contributed by atoms with Gasteiger partial charge < -0.3 is 39.1 Å². The molecule has 1 aromatic heterocycles. The van der Waals surface area contributed by atoms with Gasteiger partial charge in [-0.15, -0.1) is 0 Å². The van der Waals surface area contributed by atoms with Crippen LogP contribution in [0.25, 0.3) is 11.0 Å². The summed E-state index contributed by atoms with van der Waals surface area (Å²) in [6.45, 7) is 10.2. The van der Waals surface area contributed by atoms with Crippen LogP contribution in [0.15, 0.2) is 39.2 Å². The number of aliphatic hydroxyl groups is 1. The van der Waals surface area contributed by atoms with Crippen LogP contribution in [-0.4, -0.2) is 137 Å². The lowest BCUT2D eigenvalue weighted by Gasteiger charge is -2.27. The molecule has 42 heavy (non-hydrogen) atoms. The fourth-order valence-corrected chi connectivity index (χ4v) is 3.59. The zero-order chi connectivity index (χ0) is 30.4. The van der Waals surface area contributed by atoms with E-state index < -0.39 is 12.2 Å². The van der Waals surface area contributed by atoms with Gasteiger partial charge in [-0.1, -0.05) is 12.1 Å². The molecule has 0 amide bonds. The molecule has 4 N–H and O–H groups in total. The van der Waals surface area contributed by atoms with Crippen LogP contribution in [-0.2, 0) is 23.8 Å². The summed E-state index contributed by atoms with van der Waals surface area (Å²) in [6.07, 6.45) is -2.82. The molecule has 2 aromatic rings. The first-order chi connectivity index (χ1) is 20.6. The van der Waals surface area contributed by atoms with Crippen molar-refractivity contribution in [1.29, 1.82) is 0 Å². The predicted molar refractivity (Wildman–Crippen MR) is 155 cm³/mol. The largest absolute Gasteiger partial charge is 0.394 e. The molecule has 1 aliphatic heterocycles. The number of aliphatic imine (C=N–C) groups is 3. The minimum Gasteiger partial charge on any atom is -0.394 e. The number of nitrogens with zero attached hydrogens (tertiary/aromatic N) is 6. The highest BCUT2D eigenvalue weighted by atomic mass is 19.3. The predicted octanol–water partition coefficient (Wildman–Crippen LogP) is 0.705. The minimum absolute atomic E-state index is 0.00154. The van der Waals surface area contributed by atoms with Crippen LogP contribution in [0, 0.1) is 0 Å². The number of imidazole rings is 1. The number of halogens is 2. The second kappa shape index (κ2) is 21.7. The van der Waals surface area contributed by atoms with Gasteiger partial charge in [-0.05, 0) is 25.9 Å². The van der Waals surface area contributed by atoms with Crippen molar-refractivity contribution in [3.63, 3.8) is 0 Å². The Bertz CT molecular complexity index is 1070. The average Bonchev–Trinajstić information content (AvgIpc) is 3.41. The Labute approximate surface area is 244 Å². The SMILES string of the molecule is C=N/C(=N\C(=NCCO)n1c(C(F)F)nc2ccccc21)N1CCOCC1.CNCCOCCOCCOCCON. The third kappa shape index (κ3) is 12.5. The summed E-state index contributed by atoms with van der Waals surface area (Å²) < 4.78 is 49.4. The Morgan fingerprint density at radius 1 is 1.07 bits per heavy atom. The van der Waals surface area contributed by atoms with Gasteiger partial charge in [0.1, 0.15) is 0 Å². The topological polar surface area (TPSA) is 163 Å². The smallest absolute Gasteiger partial charge is 0.296 e. The lowest BCUT2D eigenvalue weighted by molar-refractivity contribution is -0.00158. The molecule has 1 fully saturated rings. The van der Waals surface area contributed by atoms with Crippen molar-refractivity contribution in [3.05, 3.63) is 30.1 Å². The van der Waals surface area contributed by atoms with Gasteiger partial charge in [-0.3, -0.25) is 4.57 Å². The zero-order valence-corrected chi connectivity index (χ0v) is 24.0. The van der Waals surface area contributed by atoms with E-state index in [0.717, 1.165) is 6.54 Å². The van der Waals surface area contributed by atoms with Gasteiger partial charge >= 0.3 is 0 Å². The number of para-hydroxylation sites is 2. The number of nitrogens with one attached hydrogen (secondary N) is 1. The summed E-state index contributed by atoms with van der Waals surface area (Å²) in [4.78, 5) is 22.7. The van der Waals surface area contributed by atoms with Crippen molar-refractivity contribution in [2.45, 2.75) is 6.43 Å². The molecule has 0 bridgehead atoms. The third-order valence-corrected chi connectivity index (χ3v) is 5.56. The Balaban J connectivity index is 0.000000351. The lowest BCUT2D eigenvalue weighted by atomic mass is 10.3. The van der Waals surface area contributed by atoms with Crippen molar-refractivity contribution < 1.29 is 37.7 Å². The molecule has 3 rings (SSSR count). The third-order valence-electron chi connectivity index (χ3n) is 5.56. The highest BCUT2D eigenvalue weighted by Gasteiger charge is 2.23. The molecule has 1 aromatic carbocycles. The molecule has 14 nitrogen and oxygen atoms in total. The van der Waals surface area contributed by atoms with E-state index in [9.17, 15) is 8.78 Å². The number of rotatable bonds is 15. The van der Waals surface area contributed by atoms with Gasteiger partial charge in [-0.25, -0.2) is 29.6 Å². The number of fused-ring (bicyclic) bond motifs is 1. The molecule has 0 saturated carbocycles. The van der Waals surface area contributed by atoms with E-state index in [0.29, 0.717) is 83.6 Å². The monoisotopic (exact) mass is 600 g/mol. The average molecular weight is 601 g/mol. The molecular formula is C26H42F2N8O6. The van der Waals surface area contributed by atoms with Gasteiger partial charge in [0.2, 0.25) is 11.9 Å². The van der Waals surface area contributed by atoms with Gasteiger partial charge in [0.05, 0.1) is 83.6 Å². The Morgan fingerprint density at radius 2 is 1.71 bits per heavy atom. The highest BCUT2D eigenvalue weighted by molar-refractivity contribution is 6.01. The fourth-order valence-electron chi connectivity index (χ4n) is 3.59. The van der Waals surface area contributed by atoms with Crippen molar-refractivity contribution in [2.75, 3.05) is 99.3 Å². The molecule has 0 atom stereocenters. The van der Waals surface area contributed by atoms with E-state index in [4.69, 9.17) is 30.0 Å². The molecule has 2 heterocycles. The Morgan fingerprint density at radius 3 is 2.31 bits per heavy atom. The molecule has 1 saturated heterocycles. The van der Waals surface area contributed by atoms with Gasteiger partial charge in [0.15, 0.2) is 5.82 Å². The molecule has 236 valence electrons. The number of alkyl halides is 2. The minimum atomic E-state index is -2.82. The molecule has 0 spiro atoms. The lowest BCUT2D eigenvalue weighted by Crippen LogP contribution is -2.40. The number of hydrogen-bond acceptors (Lipinski definition) is 10. The number of aromatic nitrogens is 2. The van der Waals surface area contributed by atoms with E-state index in [-0.39, 0.29) is 25.1 Å². The van der Waals surface area contributed by atoms with Crippen LogP contribution in [0.1, 0.15) is 12.2 Å². The summed E-state index contributed by atoms with van der Waals surface area (Å²) in [7, 11) is 1.89. The second-order valence-electron chi connectivity index (χ2n) is 8.48. The van der Waals surface area contributed by atoms with Crippen LogP contribution >= 0.6 is 0 Å². The molecule has 0 unspecified atom stereocenters. The van der Waals surface area contributed by atoms with Crippen LogP contribution in [0.2, 0.25) is 0 Å². The first kappa shape index (κ1) is 35.2. The maximum atomic E-state index is 13.6. The number of hydrogen-bond donors (Lipinski definition) is 3. The van der Waals surface area contributed by atoms with Gasteiger partial charge in [0.25, 0.3) is 6.43 Å². The molecule has 1 aliphatic rings. The molecule has 0 radical (unpaired) electrons. The summed E-state index contributed by atoms with van der Waals surface area (Å²) >= 11 is 0. The highest BCUT2D eigenvalue weighted by Crippen LogP contribution is 2.24. The number of likely N-dealkylation sites (N-methyl/N-ethyl adjacent to an activating group) is 1. The normalized spacial score (nSPS) is 14.4. The maximum absolute atomic E-state index is 13.6. The van der Waals surface area contributed by atoms with Crippen LogP contribution < -0.4 is 11.2 Å². The van der Waals surface area contributed by atoms with E-state index >= 15 is 0 Å². The number of nitrogens with two attached hydrogens (primary N) is 1. The number of morpholine rings is 1. The van der Waals surface area contributed by atoms with Crippen molar-refractivity contribution in [1.82, 2.24) is 19.8 Å². The Kier molecular flexibility index (Phi) is 18.2. The molecule has 16 heteroatoms. The van der Waals surface area contributed by atoms with E-state index in [1.807, 2.05) is 11.9 Å². The Hall–Kier alpha value is -2.96. The van der Waals surface area contributed by atoms with E-state index in [2.05, 4.69) is 36.8 Å². The number of aliphatic hydroxyl groups excluding tert-OH is 1. The molecular weight excluding hydrogens is 558 g/mol. The van der Waals surface area contributed by atoms with Crippen molar-refractivity contribution in [3.8, 4) is 0 Å². The van der Waals surface area contributed by atoms with E-state index in [1.165, 1.54) is 4.57 Å². The van der Waals surface area contributed by atoms with E-state index in [1.54, 1.807) is 24.3 Å².